The van der Waals surface area contributed by atoms with Crippen LogP contribution in [-0.2, 0) is 13.0 Å². The monoisotopic (exact) mass is 254 g/mol. The molecule has 0 atom stereocenters. The van der Waals surface area contributed by atoms with E-state index in [0.717, 1.165) is 11.3 Å². The molecule has 2 rings (SSSR count). The molecule has 0 spiro atoms. The Morgan fingerprint density at radius 2 is 1.79 bits per heavy atom. The SMILES string of the molecule is Cc1ccccc1COc1ccc(CC(=N)N)cc1. The molecule has 2 aromatic rings. The van der Waals surface area contributed by atoms with E-state index in [1.807, 2.05) is 36.4 Å². The van der Waals surface area contributed by atoms with E-state index < -0.39 is 0 Å². The van der Waals surface area contributed by atoms with Gasteiger partial charge in [-0.3, -0.25) is 5.41 Å². The summed E-state index contributed by atoms with van der Waals surface area (Å²) in [5, 5.41) is 7.25. The molecule has 3 N–H and O–H groups in total. The number of rotatable bonds is 5. The van der Waals surface area contributed by atoms with E-state index in [1.54, 1.807) is 0 Å². The number of amidine groups is 1. The summed E-state index contributed by atoms with van der Waals surface area (Å²) in [6.07, 6.45) is 0.484. The van der Waals surface area contributed by atoms with Crippen molar-refractivity contribution in [2.45, 2.75) is 20.0 Å². The van der Waals surface area contributed by atoms with Crippen molar-refractivity contribution in [1.82, 2.24) is 0 Å². The van der Waals surface area contributed by atoms with Crippen molar-refractivity contribution in [3.63, 3.8) is 0 Å². The molecule has 0 amide bonds. The number of benzene rings is 2. The Bertz CT molecular complexity index is 561. The molecule has 2 aromatic carbocycles. The first kappa shape index (κ1) is 13.1. The van der Waals surface area contributed by atoms with Crippen LogP contribution in [0.25, 0.3) is 0 Å². The molecule has 0 heterocycles. The van der Waals surface area contributed by atoms with E-state index in [0.29, 0.717) is 13.0 Å². The molecular formula is C16H18N2O. The van der Waals surface area contributed by atoms with E-state index in [1.165, 1.54) is 11.1 Å². The Morgan fingerprint density at radius 1 is 1.11 bits per heavy atom. The number of hydrogen-bond donors (Lipinski definition) is 2. The smallest absolute Gasteiger partial charge is 0.119 e. The van der Waals surface area contributed by atoms with Crippen molar-refractivity contribution in [2.75, 3.05) is 0 Å². The summed E-state index contributed by atoms with van der Waals surface area (Å²) in [4.78, 5) is 0. The molecule has 0 aliphatic heterocycles. The van der Waals surface area contributed by atoms with Gasteiger partial charge in [0, 0.05) is 6.42 Å². The first-order valence-electron chi connectivity index (χ1n) is 6.24. The summed E-state index contributed by atoms with van der Waals surface area (Å²) >= 11 is 0. The molecule has 0 aromatic heterocycles. The van der Waals surface area contributed by atoms with Gasteiger partial charge in [-0.25, -0.2) is 0 Å². The van der Waals surface area contributed by atoms with Crippen LogP contribution in [0, 0.1) is 12.3 Å². The van der Waals surface area contributed by atoms with Crippen molar-refractivity contribution < 1.29 is 4.74 Å². The highest BCUT2D eigenvalue weighted by atomic mass is 16.5. The minimum atomic E-state index is 0.175. The van der Waals surface area contributed by atoms with Gasteiger partial charge >= 0.3 is 0 Å². The van der Waals surface area contributed by atoms with Crippen LogP contribution in [0.1, 0.15) is 16.7 Å². The minimum absolute atomic E-state index is 0.175. The lowest BCUT2D eigenvalue weighted by molar-refractivity contribution is 0.305. The second-order valence-corrected chi connectivity index (χ2v) is 4.56. The third-order valence-electron chi connectivity index (χ3n) is 2.97. The van der Waals surface area contributed by atoms with E-state index in [4.69, 9.17) is 15.9 Å². The fourth-order valence-electron chi connectivity index (χ4n) is 1.86. The van der Waals surface area contributed by atoms with Crippen LogP contribution in [0.4, 0.5) is 0 Å². The number of nitrogens with one attached hydrogen (secondary N) is 1. The molecule has 0 aliphatic rings. The first-order valence-corrected chi connectivity index (χ1v) is 6.24. The minimum Gasteiger partial charge on any atom is -0.489 e. The van der Waals surface area contributed by atoms with Gasteiger partial charge in [0.15, 0.2) is 0 Å². The van der Waals surface area contributed by atoms with Gasteiger partial charge in [-0.1, -0.05) is 36.4 Å². The predicted molar refractivity (Wildman–Crippen MR) is 77.6 cm³/mol. The van der Waals surface area contributed by atoms with Crippen LogP contribution in [0.15, 0.2) is 48.5 Å². The van der Waals surface area contributed by atoms with Crippen LogP contribution in [0.3, 0.4) is 0 Å². The van der Waals surface area contributed by atoms with E-state index in [9.17, 15) is 0 Å². The summed E-state index contributed by atoms with van der Waals surface area (Å²) in [7, 11) is 0. The van der Waals surface area contributed by atoms with E-state index in [-0.39, 0.29) is 5.84 Å². The van der Waals surface area contributed by atoms with Gasteiger partial charge in [0.05, 0.1) is 5.84 Å². The number of ether oxygens (including phenoxy) is 1. The fourth-order valence-corrected chi connectivity index (χ4v) is 1.86. The predicted octanol–water partition coefficient (Wildman–Crippen LogP) is 3.05. The normalized spacial score (nSPS) is 10.2. The third-order valence-corrected chi connectivity index (χ3v) is 2.97. The molecule has 0 bridgehead atoms. The highest BCUT2D eigenvalue weighted by Gasteiger charge is 2.00. The average molecular weight is 254 g/mol. The zero-order chi connectivity index (χ0) is 13.7. The Morgan fingerprint density at radius 3 is 2.42 bits per heavy atom. The Labute approximate surface area is 113 Å². The summed E-state index contributed by atoms with van der Waals surface area (Å²) in [5.74, 6) is 1.00. The third kappa shape index (κ3) is 3.85. The standard InChI is InChI=1S/C16H18N2O/c1-12-4-2-3-5-14(12)11-19-15-8-6-13(7-9-15)10-16(17)18/h2-9H,10-11H2,1H3,(H3,17,18). The van der Waals surface area contributed by atoms with Gasteiger partial charge in [-0.05, 0) is 35.7 Å². The lowest BCUT2D eigenvalue weighted by atomic mass is 10.1. The summed E-state index contributed by atoms with van der Waals surface area (Å²) in [6.45, 7) is 2.65. The molecule has 0 radical (unpaired) electrons. The van der Waals surface area contributed by atoms with Crippen molar-refractivity contribution in [2.24, 2.45) is 5.73 Å². The summed E-state index contributed by atoms with van der Waals surface area (Å²) in [6, 6.07) is 15.9. The van der Waals surface area contributed by atoms with Gasteiger partial charge in [-0.2, -0.15) is 0 Å². The zero-order valence-corrected chi connectivity index (χ0v) is 11.0. The quantitative estimate of drug-likeness (QED) is 0.636. The van der Waals surface area contributed by atoms with Crippen LogP contribution < -0.4 is 10.5 Å². The van der Waals surface area contributed by atoms with Crippen molar-refractivity contribution in [3.8, 4) is 5.75 Å². The Balaban J connectivity index is 1.97. The molecule has 3 heteroatoms. The average Bonchev–Trinajstić information content (AvgIpc) is 2.39. The molecule has 0 unspecified atom stereocenters. The largest absolute Gasteiger partial charge is 0.489 e. The highest BCUT2D eigenvalue weighted by Crippen LogP contribution is 2.16. The van der Waals surface area contributed by atoms with Gasteiger partial charge in [0.25, 0.3) is 0 Å². The lowest BCUT2D eigenvalue weighted by Gasteiger charge is -2.09. The van der Waals surface area contributed by atoms with E-state index in [2.05, 4.69) is 19.1 Å². The number of aryl methyl sites for hydroxylation is 1. The Kier molecular flexibility index (Phi) is 4.18. The van der Waals surface area contributed by atoms with Gasteiger partial charge in [-0.15, -0.1) is 0 Å². The summed E-state index contributed by atoms with van der Waals surface area (Å²) in [5.41, 5.74) is 8.81. The first-order chi connectivity index (χ1) is 9.15. The van der Waals surface area contributed by atoms with Crippen LogP contribution >= 0.6 is 0 Å². The molecular weight excluding hydrogens is 236 g/mol. The molecule has 98 valence electrons. The molecule has 0 fully saturated rings. The second kappa shape index (κ2) is 6.05. The number of hydrogen-bond acceptors (Lipinski definition) is 2. The molecule has 19 heavy (non-hydrogen) atoms. The summed E-state index contributed by atoms with van der Waals surface area (Å²) < 4.78 is 5.75. The maximum atomic E-state index is 7.25. The van der Waals surface area contributed by atoms with E-state index >= 15 is 0 Å². The van der Waals surface area contributed by atoms with Crippen LogP contribution in [0.2, 0.25) is 0 Å². The Hall–Kier alpha value is -2.29. The second-order valence-electron chi connectivity index (χ2n) is 4.56. The van der Waals surface area contributed by atoms with Crippen LogP contribution in [-0.4, -0.2) is 5.84 Å². The lowest BCUT2D eigenvalue weighted by Crippen LogP contribution is -2.12. The van der Waals surface area contributed by atoms with Crippen molar-refractivity contribution in [3.05, 3.63) is 65.2 Å². The van der Waals surface area contributed by atoms with Crippen molar-refractivity contribution in [1.29, 1.82) is 5.41 Å². The van der Waals surface area contributed by atoms with Gasteiger partial charge in [0.2, 0.25) is 0 Å². The fraction of sp³-hybridized carbons (Fsp3) is 0.188. The molecule has 0 aliphatic carbocycles. The van der Waals surface area contributed by atoms with Gasteiger partial charge < -0.3 is 10.5 Å². The van der Waals surface area contributed by atoms with Gasteiger partial charge in [0.1, 0.15) is 12.4 Å². The van der Waals surface area contributed by atoms with Crippen LogP contribution in [0.5, 0.6) is 5.75 Å². The van der Waals surface area contributed by atoms with Crippen molar-refractivity contribution >= 4 is 5.84 Å². The topological polar surface area (TPSA) is 59.1 Å². The maximum Gasteiger partial charge on any atom is 0.119 e. The highest BCUT2D eigenvalue weighted by molar-refractivity contribution is 5.79. The molecule has 0 saturated carbocycles. The molecule has 3 nitrogen and oxygen atoms in total. The number of nitrogens with two attached hydrogens (primary N) is 1. The molecule has 0 saturated heterocycles. The zero-order valence-electron chi connectivity index (χ0n) is 11.0. The maximum absolute atomic E-state index is 7.25.